The van der Waals surface area contributed by atoms with Crippen LogP contribution in [0.5, 0.6) is 0 Å². The number of aliphatic hydroxyl groups excluding tert-OH is 1. The van der Waals surface area contributed by atoms with Crippen molar-refractivity contribution >= 4 is 5.82 Å². The van der Waals surface area contributed by atoms with E-state index < -0.39 is 0 Å². The van der Waals surface area contributed by atoms with Crippen molar-refractivity contribution in [1.82, 2.24) is 4.98 Å². The maximum atomic E-state index is 9.27. The Bertz CT molecular complexity index is 318. The Labute approximate surface area is 95.9 Å². The van der Waals surface area contributed by atoms with Gasteiger partial charge in [0.2, 0.25) is 0 Å². The molecular weight excluding hydrogens is 204 g/mol. The molecule has 4 heteroatoms. The molecule has 1 aromatic rings. The molecule has 88 valence electrons. The van der Waals surface area contributed by atoms with Gasteiger partial charge >= 0.3 is 0 Å². The molecule has 1 N–H and O–H groups in total. The van der Waals surface area contributed by atoms with Crippen LogP contribution in [-0.2, 0) is 11.2 Å². The summed E-state index contributed by atoms with van der Waals surface area (Å²) in [7, 11) is 0. The minimum atomic E-state index is -0.309. The summed E-state index contributed by atoms with van der Waals surface area (Å²) in [6, 6.07) is 4.05. The number of hydrogen-bond donors (Lipinski definition) is 1. The molecule has 2 rings (SSSR count). The number of pyridine rings is 1. The minimum absolute atomic E-state index is 0.309. The zero-order valence-corrected chi connectivity index (χ0v) is 9.59. The van der Waals surface area contributed by atoms with Gasteiger partial charge < -0.3 is 14.7 Å². The molecule has 0 amide bonds. The van der Waals surface area contributed by atoms with Crippen LogP contribution in [0.2, 0.25) is 0 Å². The van der Waals surface area contributed by atoms with Crippen LogP contribution in [0.1, 0.15) is 12.5 Å². The van der Waals surface area contributed by atoms with E-state index in [1.165, 1.54) is 0 Å². The molecule has 0 aliphatic carbocycles. The van der Waals surface area contributed by atoms with Crippen LogP contribution in [0.4, 0.5) is 5.82 Å². The molecule has 1 atom stereocenters. The van der Waals surface area contributed by atoms with Crippen molar-refractivity contribution in [2.24, 2.45) is 0 Å². The van der Waals surface area contributed by atoms with E-state index in [0.29, 0.717) is 6.42 Å². The number of nitrogens with zero attached hydrogens (tertiary/aromatic N) is 2. The predicted octanol–water partition coefficient (Wildman–Crippen LogP) is 0.842. The van der Waals surface area contributed by atoms with Crippen molar-refractivity contribution in [2.75, 3.05) is 31.2 Å². The second-order valence-electron chi connectivity index (χ2n) is 4.18. The number of hydrogen-bond acceptors (Lipinski definition) is 4. The number of morpholine rings is 1. The van der Waals surface area contributed by atoms with Gasteiger partial charge in [0.15, 0.2) is 0 Å². The summed E-state index contributed by atoms with van der Waals surface area (Å²) >= 11 is 0. The van der Waals surface area contributed by atoms with Crippen molar-refractivity contribution in [3.63, 3.8) is 0 Å². The molecule has 2 heterocycles. The van der Waals surface area contributed by atoms with Crippen molar-refractivity contribution in [3.8, 4) is 0 Å². The molecular formula is C12H18N2O2. The van der Waals surface area contributed by atoms with Gasteiger partial charge in [-0.2, -0.15) is 0 Å². The van der Waals surface area contributed by atoms with E-state index in [2.05, 4.69) is 9.88 Å². The van der Waals surface area contributed by atoms with E-state index in [4.69, 9.17) is 4.74 Å². The first-order chi connectivity index (χ1) is 7.75. The smallest absolute Gasteiger partial charge is 0.128 e. The Balaban J connectivity index is 2.00. The Morgan fingerprint density at radius 2 is 2.19 bits per heavy atom. The van der Waals surface area contributed by atoms with Crippen LogP contribution >= 0.6 is 0 Å². The van der Waals surface area contributed by atoms with Crippen LogP contribution in [0.3, 0.4) is 0 Å². The summed E-state index contributed by atoms with van der Waals surface area (Å²) in [5.74, 6) is 0.998. The highest BCUT2D eigenvalue weighted by Crippen LogP contribution is 2.13. The zero-order chi connectivity index (χ0) is 11.4. The van der Waals surface area contributed by atoms with Crippen molar-refractivity contribution in [1.29, 1.82) is 0 Å². The average Bonchev–Trinajstić information content (AvgIpc) is 2.30. The molecule has 0 aromatic carbocycles. The third kappa shape index (κ3) is 2.93. The molecule has 1 aliphatic heterocycles. The summed E-state index contributed by atoms with van der Waals surface area (Å²) in [6.45, 7) is 5.15. The van der Waals surface area contributed by atoms with Gasteiger partial charge in [0.1, 0.15) is 5.82 Å². The minimum Gasteiger partial charge on any atom is -0.393 e. The van der Waals surface area contributed by atoms with Gasteiger partial charge in [0.05, 0.1) is 19.3 Å². The molecule has 0 bridgehead atoms. The average molecular weight is 222 g/mol. The van der Waals surface area contributed by atoms with E-state index in [0.717, 1.165) is 37.7 Å². The fourth-order valence-corrected chi connectivity index (χ4v) is 1.86. The molecule has 0 unspecified atom stereocenters. The van der Waals surface area contributed by atoms with Crippen LogP contribution < -0.4 is 4.90 Å². The van der Waals surface area contributed by atoms with Gasteiger partial charge in [-0.25, -0.2) is 4.98 Å². The Morgan fingerprint density at radius 3 is 2.75 bits per heavy atom. The lowest BCUT2D eigenvalue weighted by atomic mass is 10.1. The summed E-state index contributed by atoms with van der Waals surface area (Å²) in [5, 5.41) is 9.27. The second kappa shape index (κ2) is 5.27. The largest absolute Gasteiger partial charge is 0.393 e. The molecule has 1 aromatic heterocycles. The third-order valence-corrected chi connectivity index (χ3v) is 2.68. The van der Waals surface area contributed by atoms with Crippen molar-refractivity contribution in [2.45, 2.75) is 19.4 Å². The second-order valence-corrected chi connectivity index (χ2v) is 4.18. The Hall–Kier alpha value is -1.13. The van der Waals surface area contributed by atoms with E-state index in [-0.39, 0.29) is 6.10 Å². The first-order valence-corrected chi connectivity index (χ1v) is 5.71. The van der Waals surface area contributed by atoms with Gasteiger partial charge in [-0.15, -0.1) is 0 Å². The van der Waals surface area contributed by atoms with Gasteiger partial charge in [0.25, 0.3) is 0 Å². The normalized spacial score (nSPS) is 18.5. The maximum Gasteiger partial charge on any atom is 0.128 e. The monoisotopic (exact) mass is 222 g/mol. The SMILES string of the molecule is C[C@H](O)Cc1ccc(N2CCOCC2)nc1. The quantitative estimate of drug-likeness (QED) is 0.823. The van der Waals surface area contributed by atoms with E-state index in [1.54, 1.807) is 6.92 Å². The summed E-state index contributed by atoms with van der Waals surface area (Å²) < 4.78 is 5.30. The van der Waals surface area contributed by atoms with Gasteiger partial charge in [-0.05, 0) is 25.0 Å². The molecule has 1 saturated heterocycles. The van der Waals surface area contributed by atoms with Gasteiger partial charge in [-0.3, -0.25) is 0 Å². The van der Waals surface area contributed by atoms with E-state index >= 15 is 0 Å². The number of aliphatic hydroxyl groups is 1. The Morgan fingerprint density at radius 1 is 1.44 bits per heavy atom. The molecule has 1 aliphatic rings. The number of rotatable bonds is 3. The molecule has 0 radical (unpaired) electrons. The van der Waals surface area contributed by atoms with E-state index in [1.807, 2.05) is 18.3 Å². The Kier molecular flexibility index (Phi) is 3.74. The number of anilines is 1. The molecule has 1 fully saturated rings. The lowest BCUT2D eigenvalue weighted by molar-refractivity contribution is 0.122. The van der Waals surface area contributed by atoms with Crippen LogP contribution in [0.25, 0.3) is 0 Å². The fourth-order valence-electron chi connectivity index (χ4n) is 1.86. The highest BCUT2D eigenvalue weighted by Gasteiger charge is 2.11. The van der Waals surface area contributed by atoms with E-state index in [9.17, 15) is 5.11 Å². The standard InChI is InChI=1S/C12H18N2O2/c1-10(15)8-11-2-3-12(13-9-11)14-4-6-16-7-5-14/h2-3,9-10,15H,4-8H2,1H3/t10-/m0/s1. The summed E-state index contributed by atoms with van der Waals surface area (Å²) in [4.78, 5) is 6.63. The summed E-state index contributed by atoms with van der Waals surface area (Å²) in [6.07, 6.45) is 2.20. The third-order valence-electron chi connectivity index (χ3n) is 2.68. The van der Waals surface area contributed by atoms with Crippen LogP contribution in [-0.4, -0.2) is 42.5 Å². The van der Waals surface area contributed by atoms with Crippen LogP contribution in [0.15, 0.2) is 18.3 Å². The topological polar surface area (TPSA) is 45.6 Å². The van der Waals surface area contributed by atoms with Crippen LogP contribution in [0, 0.1) is 0 Å². The predicted molar refractivity (Wildman–Crippen MR) is 62.7 cm³/mol. The highest BCUT2D eigenvalue weighted by atomic mass is 16.5. The number of ether oxygens (including phenoxy) is 1. The van der Waals surface area contributed by atoms with Crippen molar-refractivity contribution < 1.29 is 9.84 Å². The lowest BCUT2D eigenvalue weighted by Crippen LogP contribution is -2.36. The summed E-state index contributed by atoms with van der Waals surface area (Å²) in [5.41, 5.74) is 1.08. The zero-order valence-electron chi connectivity index (χ0n) is 9.59. The van der Waals surface area contributed by atoms with Gasteiger partial charge in [0, 0.05) is 19.3 Å². The first-order valence-electron chi connectivity index (χ1n) is 5.71. The fraction of sp³-hybridized carbons (Fsp3) is 0.583. The molecule has 0 spiro atoms. The molecule has 0 saturated carbocycles. The maximum absolute atomic E-state index is 9.27. The lowest BCUT2D eigenvalue weighted by Gasteiger charge is -2.27. The molecule has 4 nitrogen and oxygen atoms in total. The highest BCUT2D eigenvalue weighted by molar-refractivity contribution is 5.39. The number of aromatic nitrogens is 1. The van der Waals surface area contributed by atoms with Gasteiger partial charge in [-0.1, -0.05) is 6.07 Å². The van der Waals surface area contributed by atoms with Crippen molar-refractivity contribution in [3.05, 3.63) is 23.9 Å². The molecule has 16 heavy (non-hydrogen) atoms. The first kappa shape index (κ1) is 11.4.